The van der Waals surface area contributed by atoms with Crippen molar-refractivity contribution in [2.24, 2.45) is 0 Å². The van der Waals surface area contributed by atoms with Gasteiger partial charge in [-0.15, -0.1) is 0 Å². The van der Waals surface area contributed by atoms with E-state index in [2.05, 4.69) is 24.9 Å². The molecular weight excluding hydrogens is 390 g/mol. The second-order valence-corrected chi connectivity index (χ2v) is 9.31. The molecule has 8 nitrogen and oxygen atoms in total. The third-order valence-electron chi connectivity index (χ3n) is 5.26. The summed E-state index contributed by atoms with van der Waals surface area (Å²) in [4.78, 5) is 22.9. The summed E-state index contributed by atoms with van der Waals surface area (Å²) in [5.41, 5.74) is 2.97. The van der Waals surface area contributed by atoms with E-state index in [1.807, 2.05) is 6.92 Å². The maximum atomic E-state index is 12.8. The van der Waals surface area contributed by atoms with Gasteiger partial charge in [0, 0.05) is 30.9 Å². The molecule has 2 N–H and O–H groups in total. The Morgan fingerprint density at radius 3 is 2.69 bits per heavy atom. The molecule has 4 rings (SSSR count). The Kier molecular flexibility index (Phi) is 5.51. The number of aromatic nitrogens is 2. The van der Waals surface area contributed by atoms with Crippen molar-refractivity contribution in [2.75, 3.05) is 23.3 Å². The molecule has 0 radical (unpaired) electrons. The van der Waals surface area contributed by atoms with Gasteiger partial charge in [-0.25, -0.2) is 23.1 Å². The number of sulfonamides is 1. The second-order valence-electron chi connectivity index (χ2n) is 7.54. The molecular formula is C20H25N5O3S. The van der Waals surface area contributed by atoms with E-state index in [1.165, 1.54) is 12.5 Å². The molecule has 3 heterocycles. The number of hydrogen-bond acceptors (Lipinski definition) is 6. The SMILES string of the molecule is Cc1cc(CNS(=O)(=O)c2ccc3c(c2)CCC(=O)N3)nc(N2CCCCC2)n1. The van der Waals surface area contributed by atoms with Gasteiger partial charge in [0.05, 0.1) is 17.1 Å². The van der Waals surface area contributed by atoms with Crippen molar-refractivity contribution in [3.63, 3.8) is 0 Å². The lowest BCUT2D eigenvalue weighted by Crippen LogP contribution is -2.32. The summed E-state index contributed by atoms with van der Waals surface area (Å²) in [5, 5.41) is 2.76. The quantitative estimate of drug-likeness (QED) is 0.775. The smallest absolute Gasteiger partial charge is 0.240 e. The Morgan fingerprint density at radius 1 is 1.10 bits per heavy atom. The number of rotatable bonds is 5. The van der Waals surface area contributed by atoms with E-state index in [9.17, 15) is 13.2 Å². The fraction of sp³-hybridized carbons (Fsp3) is 0.450. The lowest BCUT2D eigenvalue weighted by Gasteiger charge is -2.27. The van der Waals surface area contributed by atoms with E-state index in [1.54, 1.807) is 18.2 Å². The molecule has 154 valence electrons. The number of nitrogens with zero attached hydrogens (tertiary/aromatic N) is 3. The van der Waals surface area contributed by atoms with Gasteiger partial charge in [0.25, 0.3) is 0 Å². The van der Waals surface area contributed by atoms with Gasteiger partial charge in [0.2, 0.25) is 21.9 Å². The largest absolute Gasteiger partial charge is 0.341 e. The maximum Gasteiger partial charge on any atom is 0.240 e. The van der Waals surface area contributed by atoms with Gasteiger partial charge in [0.1, 0.15) is 0 Å². The lowest BCUT2D eigenvalue weighted by molar-refractivity contribution is -0.116. The van der Waals surface area contributed by atoms with Crippen LogP contribution in [0, 0.1) is 6.92 Å². The number of benzene rings is 1. The Balaban J connectivity index is 1.49. The highest BCUT2D eigenvalue weighted by molar-refractivity contribution is 7.89. The summed E-state index contributed by atoms with van der Waals surface area (Å²) in [6.45, 7) is 3.85. The molecule has 0 saturated carbocycles. The number of aryl methyl sites for hydroxylation is 2. The molecule has 9 heteroatoms. The van der Waals surface area contributed by atoms with Crippen molar-refractivity contribution in [1.29, 1.82) is 0 Å². The van der Waals surface area contributed by atoms with Gasteiger partial charge >= 0.3 is 0 Å². The molecule has 1 amide bonds. The van der Waals surface area contributed by atoms with Crippen molar-refractivity contribution < 1.29 is 13.2 Å². The highest BCUT2D eigenvalue weighted by atomic mass is 32.2. The van der Waals surface area contributed by atoms with Crippen molar-refractivity contribution in [2.45, 2.75) is 50.5 Å². The topological polar surface area (TPSA) is 104 Å². The monoisotopic (exact) mass is 415 g/mol. The van der Waals surface area contributed by atoms with Crippen LogP contribution in [0.25, 0.3) is 0 Å². The zero-order valence-electron chi connectivity index (χ0n) is 16.4. The van der Waals surface area contributed by atoms with E-state index in [4.69, 9.17) is 0 Å². The Hall–Kier alpha value is -2.52. The molecule has 0 bridgehead atoms. The van der Waals surface area contributed by atoms with E-state index in [0.29, 0.717) is 30.2 Å². The molecule has 1 saturated heterocycles. The summed E-state index contributed by atoms with van der Waals surface area (Å²) in [7, 11) is -3.69. The number of anilines is 2. The van der Waals surface area contributed by atoms with Crippen molar-refractivity contribution in [3.8, 4) is 0 Å². The molecule has 0 atom stereocenters. The Morgan fingerprint density at radius 2 is 1.90 bits per heavy atom. The van der Waals surface area contributed by atoms with E-state index >= 15 is 0 Å². The van der Waals surface area contributed by atoms with E-state index < -0.39 is 10.0 Å². The van der Waals surface area contributed by atoms with Crippen LogP contribution >= 0.6 is 0 Å². The van der Waals surface area contributed by atoms with Crippen molar-refractivity contribution in [1.82, 2.24) is 14.7 Å². The van der Waals surface area contributed by atoms with Gasteiger partial charge in [-0.3, -0.25) is 4.79 Å². The van der Waals surface area contributed by atoms with Crippen molar-refractivity contribution in [3.05, 3.63) is 41.2 Å². The lowest BCUT2D eigenvalue weighted by atomic mass is 10.0. The van der Waals surface area contributed by atoms with Crippen LogP contribution in [0.1, 0.15) is 42.6 Å². The normalized spacial score (nSPS) is 17.0. The predicted octanol–water partition coefficient (Wildman–Crippen LogP) is 2.14. The standard InChI is InChI=1S/C20H25N5O3S/c1-14-11-16(23-20(22-14)25-9-3-2-4-10-25)13-21-29(27,28)17-6-7-18-15(12-17)5-8-19(26)24-18/h6-7,11-12,21H,2-5,8-10,13H2,1H3,(H,24,26). The van der Waals surface area contributed by atoms with Gasteiger partial charge in [-0.1, -0.05) is 0 Å². The molecule has 0 unspecified atom stereocenters. The Bertz CT molecular complexity index is 1030. The van der Waals surface area contributed by atoms with Crippen LogP contribution < -0.4 is 14.9 Å². The first-order valence-corrected chi connectivity index (χ1v) is 11.4. The molecule has 1 aromatic carbocycles. The molecule has 1 fully saturated rings. The van der Waals surface area contributed by atoms with Crippen LogP contribution in [0.2, 0.25) is 0 Å². The number of carbonyl (C=O) groups excluding carboxylic acids is 1. The first-order valence-electron chi connectivity index (χ1n) is 9.93. The predicted molar refractivity (Wildman–Crippen MR) is 110 cm³/mol. The van der Waals surface area contributed by atoms with Crippen LogP contribution in [0.15, 0.2) is 29.2 Å². The summed E-state index contributed by atoms with van der Waals surface area (Å²) in [6, 6.07) is 6.58. The minimum atomic E-state index is -3.69. The van der Waals surface area contributed by atoms with Gasteiger partial charge in [-0.2, -0.15) is 0 Å². The highest BCUT2D eigenvalue weighted by Crippen LogP contribution is 2.25. The van der Waals surface area contributed by atoms with E-state index in [-0.39, 0.29) is 17.3 Å². The number of amides is 1. The number of nitrogens with one attached hydrogen (secondary N) is 2. The molecule has 2 aliphatic heterocycles. The molecule has 2 aromatic rings. The molecule has 29 heavy (non-hydrogen) atoms. The molecule has 0 spiro atoms. The maximum absolute atomic E-state index is 12.8. The fourth-order valence-electron chi connectivity index (χ4n) is 3.72. The fourth-order valence-corrected chi connectivity index (χ4v) is 4.77. The molecule has 2 aliphatic rings. The molecule has 0 aliphatic carbocycles. The minimum Gasteiger partial charge on any atom is -0.341 e. The average Bonchev–Trinajstić information content (AvgIpc) is 2.72. The van der Waals surface area contributed by atoms with Crippen molar-refractivity contribution >= 4 is 27.6 Å². The zero-order valence-corrected chi connectivity index (χ0v) is 17.3. The van der Waals surface area contributed by atoms with Crippen LogP contribution in [0.3, 0.4) is 0 Å². The first-order chi connectivity index (χ1) is 13.9. The van der Waals surface area contributed by atoms with Gasteiger partial charge < -0.3 is 10.2 Å². The molecule has 1 aromatic heterocycles. The minimum absolute atomic E-state index is 0.0464. The second kappa shape index (κ2) is 8.08. The number of carbonyl (C=O) groups is 1. The number of fused-ring (bicyclic) bond motifs is 1. The van der Waals surface area contributed by atoms with Crippen LogP contribution in [-0.4, -0.2) is 37.4 Å². The summed E-state index contributed by atoms with van der Waals surface area (Å²) >= 11 is 0. The summed E-state index contributed by atoms with van der Waals surface area (Å²) in [6.07, 6.45) is 4.37. The third kappa shape index (κ3) is 4.56. The summed E-state index contributed by atoms with van der Waals surface area (Å²) < 4.78 is 28.2. The first kappa shape index (κ1) is 19.8. The number of piperidine rings is 1. The highest BCUT2D eigenvalue weighted by Gasteiger charge is 2.21. The van der Waals surface area contributed by atoms with Crippen LogP contribution in [0.5, 0.6) is 0 Å². The Labute approximate surface area is 170 Å². The summed E-state index contributed by atoms with van der Waals surface area (Å²) in [5.74, 6) is 0.623. The third-order valence-corrected chi connectivity index (χ3v) is 6.66. The van der Waals surface area contributed by atoms with Gasteiger partial charge in [-0.05, 0) is 62.4 Å². The van der Waals surface area contributed by atoms with Crippen LogP contribution in [-0.2, 0) is 27.8 Å². The zero-order chi connectivity index (χ0) is 20.4. The average molecular weight is 416 g/mol. The number of hydrogen-bond donors (Lipinski definition) is 2. The van der Waals surface area contributed by atoms with E-state index in [0.717, 1.165) is 37.2 Å². The van der Waals surface area contributed by atoms with Gasteiger partial charge in [0.15, 0.2) is 0 Å². The van der Waals surface area contributed by atoms with Crippen LogP contribution in [0.4, 0.5) is 11.6 Å².